The molecule has 0 spiro atoms. The molecule has 1 atom stereocenters. The van der Waals surface area contributed by atoms with Gasteiger partial charge in [-0.05, 0) is 68.4 Å². The fourth-order valence-electron chi connectivity index (χ4n) is 4.64. The van der Waals surface area contributed by atoms with Crippen LogP contribution in [0.4, 0.5) is 4.39 Å². The van der Waals surface area contributed by atoms with Gasteiger partial charge in [-0.25, -0.2) is 9.37 Å². The Morgan fingerprint density at radius 3 is 2.79 bits per heavy atom. The number of likely N-dealkylation sites (tertiary alicyclic amines) is 1. The van der Waals surface area contributed by atoms with Crippen molar-refractivity contribution in [3.05, 3.63) is 53.6 Å². The average molecular weight is 452 g/mol. The molecular weight excluding hydrogens is 421 g/mol. The van der Waals surface area contributed by atoms with Crippen LogP contribution in [0.5, 0.6) is 11.5 Å². The molecule has 2 fully saturated rings. The Kier molecular flexibility index (Phi) is 6.03. The van der Waals surface area contributed by atoms with E-state index in [-0.39, 0.29) is 24.1 Å². The van der Waals surface area contributed by atoms with E-state index in [1.54, 1.807) is 24.4 Å². The summed E-state index contributed by atoms with van der Waals surface area (Å²) in [5, 5.41) is 3.90. The highest BCUT2D eigenvalue weighted by molar-refractivity contribution is 5.86. The van der Waals surface area contributed by atoms with Gasteiger partial charge in [-0.2, -0.15) is 0 Å². The maximum atomic E-state index is 14.8. The summed E-state index contributed by atoms with van der Waals surface area (Å²) in [5.41, 5.74) is 8.46. The second-order valence-electron chi connectivity index (χ2n) is 9.23. The van der Waals surface area contributed by atoms with Gasteiger partial charge >= 0.3 is 0 Å². The highest BCUT2D eigenvalue weighted by Gasteiger charge is 2.32. The van der Waals surface area contributed by atoms with Gasteiger partial charge < -0.3 is 25.7 Å². The van der Waals surface area contributed by atoms with Crippen molar-refractivity contribution in [2.45, 2.75) is 57.2 Å². The minimum absolute atomic E-state index is 0.118. The molecule has 3 aromatic rings. The predicted octanol–water partition coefficient (Wildman–Crippen LogP) is 3.42. The molecule has 0 unspecified atom stereocenters. The van der Waals surface area contributed by atoms with E-state index in [0.29, 0.717) is 17.0 Å². The molecule has 2 aliphatic rings. The number of hydrogen-bond donors (Lipinski definition) is 3. The number of aromatic nitrogens is 2. The number of rotatable bonds is 7. The fourth-order valence-corrected chi connectivity index (χ4v) is 4.64. The summed E-state index contributed by atoms with van der Waals surface area (Å²) >= 11 is 0. The first kappa shape index (κ1) is 21.9. The van der Waals surface area contributed by atoms with Crippen LogP contribution in [0.25, 0.3) is 11.0 Å². The number of halogens is 1. The lowest BCUT2D eigenvalue weighted by Gasteiger charge is -2.32. The number of pyridine rings is 1. The molecule has 1 saturated heterocycles. The van der Waals surface area contributed by atoms with Gasteiger partial charge in [0.25, 0.3) is 0 Å². The molecule has 7 nitrogen and oxygen atoms in total. The van der Waals surface area contributed by atoms with Gasteiger partial charge in [0.2, 0.25) is 5.91 Å². The summed E-state index contributed by atoms with van der Waals surface area (Å²) in [6, 6.07) is 6.65. The molecule has 1 saturated carbocycles. The van der Waals surface area contributed by atoms with Crippen molar-refractivity contribution in [1.29, 1.82) is 0 Å². The van der Waals surface area contributed by atoms with Gasteiger partial charge in [0.1, 0.15) is 11.4 Å². The summed E-state index contributed by atoms with van der Waals surface area (Å²) < 4.78 is 20.6. The number of ether oxygens (including phenoxy) is 1. The van der Waals surface area contributed by atoms with E-state index in [0.717, 1.165) is 42.9 Å². The van der Waals surface area contributed by atoms with Gasteiger partial charge in [-0.3, -0.25) is 4.79 Å². The van der Waals surface area contributed by atoms with Crippen molar-refractivity contribution in [3.8, 4) is 11.5 Å². The number of carbonyl (C=O) groups excluding carboxylic acids is 1. The average Bonchev–Trinajstić information content (AvgIpc) is 3.59. The SMILES string of the molecule is Cc1c[nH]c2nccc(Oc3ccc(C[C@H](N)C(=O)NC4CCN(C5CC5)CC4)cc3F)c12. The summed E-state index contributed by atoms with van der Waals surface area (Å²) in [7, 11) is 0. The third-order valence-electron chi connectivity index (χ3n) is 6.68. The van der Waals surface area contributed by atoms with Gasteiger partial charge in [-0.1, -0.05) is 6.07 Å². The zero-order valence-electron chi connectivity index (χ0n) is 18.8. The van der Waals surface area contributed by atoms with E-state index >= 15 is 0 Å². The first-order valence-corrected chi connectivity index (χ1v) is 11.7. The third-order valence-corrected chi connectivity index (χ3v) is 6.68. The van der Waals surface area contributed by atoms with Crippen LogP contribution in [0.15, 0.2) is 36.7 Å². The maximum absolute atomic E-state index is 14.8. The first-order valence-electron chi connectivity index (χ1n) is 11.7. The number of amides is 1. The lowest BCUT2D eigenvalue weighted by atomic mass is 10.0. The van der Waals surface area contributed by atoms with E-state index in [2.05, 4.69) is 20.2 Å². The predicted molar refractivity (Wildman–Crippen MR) is 125 cm³/mol. The van der Waals surface area contributed by atoms with Crippen molar-refractivity contribution >= 4 is 16.9 Å². The smallest absolute Gasteiger partial charge is 0.237 e. The molecule has 4 N–H and O–H groups in total. The molecular formula is C25H30FN5O2. The van der Waals surface area contributed by atoms with Crippen molar-refractivity contribution in [2.75, 3.05) is 13.1 Å². The van der Waals surface area contributed by atoms with Gasteiger partial charge in [0.05, 0.1) is 11.4 Å². The van der Waals surface area contributed by atoms with Crippen molar-refractivity contribution in [1.82, 2.24) is 20.2 Å². The van der Waals surface area contributed by atoms with Crippen LogP contribution in [-0.2, 0) is 11.2 Å². The van der Waals surface area contributed by atoms with E-state index in [9.17, 15) is 9.18 Å². The second kappa shape index (κ2) is 9.11. The van der Waals surface area contributed by atoms with E-state index < -0.39 is 11.9 Å². The van der Waals surface area contributed by atoms with Crippen LogP contribution in [-0.4, -0.2) is 52.0 Å². The number of carbonyl (C=O) groups is 1. The standard InChI is InChI=1S/C25H30FN5O2/c1-15-14-29-24-23(15)22(6-9-28-24)33-21-5-2-16(12-19(21)26)13-20(27)25(32)30-17-7-10-31(11-8-17)18-3-4-18/h2,5-6,9,12,14,17-18,20H,3-4,7-8,10-11,13,27H2,1H3,(H,28,29)(H,30,32)/t20-/m0/s1. The van der Waals surface area contributed by atoms with Crippen molar-refractivity contribution in [3.63, 3.8) is 0 Å². The Hall–Kier alpha value is -2.97. The van der Waals surface area contributed by atoms with Crippen LogP contribution >= 0.6 is 0 Å². The monoisotopic (exact) mass is 451 g/mol. The number of aryl methyl sites for hydroxylation is 1. The van der Waals surface area contributed by atoms with Gasteiger partial charge in [0, 0.05) is 37.6 Å². The fraction of sp³-hybridized carbons (Fsp3) is 0.440. The lowest BCUT2D eigenvalue weighted by molar-refractivity contribution is -0.123. The van der Waals surface area contributed by atoms with E-state index in [1.807, 2.05) is 13.1 Å². The van der Waals surface area contributed by atoms with Crippen LogP contribution in [0.2, 0.25) is 0 Å². The van der Waals surface area contributed by atoms with E-state index in [1.165, 1.54) is 18.9 Å². The first-order chi connectivity index (χ1) is 16.0. The number of benzene rings is 1. The highest BCUT2D eigenvalue weighted by Crippen LogP contribution is 2.32. The molecule has 0 bridgehead atoms. The van der Waals surface area contributed by atoms with Crippen LogP contribution in [0.1, 0.15) is 36.8 Å². The second-order valence-corrected chi connectivity index (χ2v) is 9.23. The number of H-pyrrole nitrogens is 1. The zero-order valence-corrected chi connectivity index (χ0v) is 18.8. The maximum Gasteiger partial charge on any atom is 0.237 e. The minimum Gasteiger partial charge on any atom is -0.453 e. The van der Waals surface area contributed by atoms with Crippen LogP contribution in [0.3, 0.4) is 0 Å². The Morgan fingerprint density at radius 1 is 1.27 bits per heavy atom. The minimum atomic E-state index is -0.722. The largest absolute Gasteiger partial charge is 0.453 e. The molecule has 8 heteroatoms. The number of fused-ring (bicyclic) bond motifs is 1. The molecule has 174 valence electrons. The number of hydrogen-bond acceptors (Lipinski definition) is 5. The molecule has 0 radical (unpaired) electrons. The summed E-state index contributed by atoms with van der Waals surface area (Å²) in [6.45, 7) is 4.00. The molecule has 5 rings (SSSR count). The molecule has 2 aromatic heterocycles. The quantitative estimate of drug-likeness (QED) is 0.512. The number of aromatic amines is 1. The molecule has 1 aliphatic carbocycles. The molecule has 1 amide bonds. The summed E-state index contributed by atoms with van der Waals surface area (Å²) in [6.07, 6.45) is 8.25. The molecule has 1 aromatic carbocycles. The van der Waals surface area contributed by atoms with Gasteiger partial charge in [-0.15, -0.1) is 0 Å². The highest BCUT2D eigenvalue weighted by atomic mass is 19.1. The Balaban J connectivity index is 1.18. The molecule has 3 heterocycles. The Bertz CT molecular complexity index is 1150. The van der Waals surface area contributed by atoms with Crippen molar-refractivity contribution in [2.24, 2.45) is 5.73 Å². The zero-order chi connectivity index (χ0) is 22.9. The van der Waals surface area contributed by atoms with E-state index in [4.69, 9.17) is 10.5 Å². The number of nitrogens with zero attached hydrogens (tertiary/aromatic N) is 2. The number of nitrogens with two attached hydrogens (primary N) is 1. The molecule has 33 heavy (non-hydrogen) atoms. The number of piperidine rings is 1. The number of nitrogens with one attached hydrogen (secondary N) is 2. The third kappa shape index (κ3) is 4.86. The van der Waals surface area contributed by atoms with Crippen LogP contribution < -0.4 is 15.8 Å². The molecule has 1 aliphatic heterocycles. The summed E-state index contributed by atoms with van der Waals surface area (Å²) in [5.74, 6) is -0.0186. The van der Waals surface area contributed by atoms with Crippen molar-refractivity contribution < 1.29 is 13.9 Å². The lowest BCUT2D eigenvalue weighted by Crippen LogP contribution is -2.50. The van der Waals surface area contributed by atoms with Crippen LogP contribution in [0, 0.1) is 12.7 Å². The Morgan fingerprint density at radius 2 is 2.06 bits per heavy atom. The Labute approximate surface area is 192 Å². The normalized spacial score (nSPS) is 18.4. The summed E-state index contributed by atoms with van der Waals surface area (Å²) in [4.78, 5) is 22.4. The van der Waals surface area contributed by atoms with Gasteiger partial charge in [0.15, 0.2) is 11.6 Å². The topological polar surface area (TPSA) is 96.3 Å².